The number of alkyl halides is 3. The molecule has 0 bridgehead atoms. The first-order chi connectivity index (χ1) is 6.36. The minimum atomic E-state index is -4.49. The molecule has 0 fully saturated rings. The summed E-state index contributed by atoms with van der Waals surface area (Å²) in [7, 11) is 0. The standard InChI is InChI=1S/C8H6F4IN/c9-5-1-4(3-14)7(6(13)2-5)8(10,11)12/h1-2H,3,14H2. The summed E-state index contributed by atoms with van der Waals surface area (Å²) < 4.78 is 49.9. The Labute approximate surface area is 91.4 Å². The number of benzene rings is 1. The van der Waals surface area contributed by atoms with Gasteiger partial charge in [0.1, 0.15) is 5.82 Å². The van der Waals surface area contributed by atoms with Crippen LogP contribution in [0.2, 0.25) is 0 Å². The van der Waals surface area contributed by atoms with Crippen LogP contribution < -0.4 is 5.73 Å². The summed E-state index contributed by atoms with van der Waals surface area (Å²) in [4.78, 5) is 0. The number of hydrogen-bond acceptors (Lipinski definition) is 1. The summed E-state index contributed by atoms with van der Waals surface area (Å²) in [6.45, 7) is -0.331. The lowest BCUT2D eigenvalue weighted by Gasteiger charge is -2.13. The van der Waals surface area contributed by atoms with Gasteiger partial charge in [-0.3, -0.25) is 0 Å². The van der Waals surface area contributed by atoms with Crippen LogP contribution in [0.1, 0.15) is 11.1 Å². The van der Waals surface area contributed by atoms with Crippen LogP contribution >= 0.6 is 22.6 Å². The zero-order valence-electron chi connectivity index (χ0n) is 6.83. The molecule has 0 atom stereocenters. The fourth-order valence-electron chi connectivity index (χ4n) is 1.11. The highest BCUT2D eigenvalue weighted by Gasteiger charge is 2.35. The molecule has 0 unspecified atom stereocenters. The van der Waals surface area contributed by atoms with Crippen molar-refractivity contribution in [3.05, 3.63) is 32.6 Å². The van der Waals surface area contributed by atoms with Gasteiger partial charge in [-0.05, 0) is 40.3 Å². The lowest BCUT2D eigenvalue weighted by atomic mass is 10.1. The lowest BCUT2D eigenvalue weighted by Crippen LogP contribution is -2.14. The second-order valence-corrected chi connectivity index (χ2v) is 3.79. The summed E-state index contributed by atoms with van der Waals surface area (Å²) in [6, 6.07) is 1.65. The Morgan fingerprint density at radius 2 is 1.86 bits per heavy atom. The summed E-state index contributed by atoms with van der Waals surface area (Å²) >= 11 is 1.44. The average Bonchev–Trinajstić information content (AvgIpc) is 1.99. The zero-order chi connectivity index (χ0) is 10.9. The van der Waals surface area contributed by atoms with Gasteiger partial charge in [0.05, 0.1) is 5.56 Å². The largest absolute Gasteiger partial charge is 0.417 e. The van der Waals surface area contributed by atoms with Gasteiger partial charge in [0.15, 0.2) is 0 Å². The average molecular weight is 319 g/mol. The van der Waals surface area contributed by atoms with Crippen molar-refractivity contribution in [2.75, 3.05) is 0 Å². The minimum Gasteiger partial charge on any atom is -0.326 e. The summed E-state index contributed by atoms with van der Waals surface area (Å²) in [6.07, 6.45) is -4.49. The molecule has 1 nitrogen and oxygen atoms in total. The van der Waals surface area contributed by atoms with Gasteiger partial charge in [0, 0.05) is 10.1 Å². The maximum atomic E-state index is 12.8. The van der Waals surface area contributed by atoms with Gasteiger partial charge in [-0.15, -0.1) is 0 Å². The molecular weight excluding hydrogens is 313 g/mol. The number of halogens is 5. The van der Waals surface area contributed by atoms with Gasteiger partial charge in [-0.2, -0.15) is 13.2 Å². The highest BCUT2D eigenvalue weighted by atomic mass is 127. The third kappa shape index (κ3) is 2.35. The third-order valence-electron chi connectivity index (χ3n) is 1.64. The molecule has 0 amide bonds. The van der Waals surface area contributed by atoms with E-state index in [0.29, 0.717) is 0 Å². The SMILES string of the molecule is NCc1cc(F)cc(I)c1C(F)(F)F. The molecule has 0 heterocycles. The molecule has 1 aromatic rings. The van der Waals surface area contributed by atoms with Crippen molar-refractivity contribution in [2.24, 2.45) is 5.73 Å². The quantitative estimate of drug-likeness (QED) is 0.625. The van der Waals surface area contributed by atoms with Gasteiger partial charge >= 0.3 is 6.18 Å². The molecule has 1 rings (SSSR count). The Bertz CT molecular complexity index is 348. The van der Waals surface area contributed by atoms with Crippen LogP contribution in [0.3, 0.4) is 0 Å². The Hall–Kier alpha value is -0.370. The lowest BCUT2D eigenvalue weighted by molar-refractivity contribution is -0.138. The number of nitrogens with two attached hydrogens (primary N) is 1. The Morgan fingerprint density at radius 3 is 2.29 bits per heavy atom. The molecule has 0 aliphatic heterocycles. The fraction of sp³-hybridized carbons (Fsp3) is 0.250. The van der Waals surface area contributed by atoms with Gasteiger partial charge in [-0.1, -0.05) is 0 Å². The Kier molecular flexibility index (Phi) is 3.36. The molecule has 2 N–H and O–H groups in total. The summed E-state index contributed by atoms with van der Waals surface area (Å²) in [5.74, 6) is -0.706. The third-order valence-corrected chi connectivity index (χ3v) is 2.49. The van der Waals surface area contributed by atoms with Gasteiger partial charge in [-0.25, -0.2) is 4.39 Å². The first-order valence-corrected chi connectivity index (χ1v) is 4.69. The van der Waals surface area contributed by atoms with E-state index in [1.54, 1.807) is 0 Å². The Morgan fingerprint density at radius 1 is 1.29 bits per heavy atom. The predicted molar refractivity (Wildman–Crippen MR) is 52.0 cm³/mol. The van der Waals surface area contributed by atoms with E-state index in [0.717, 1.165) is 12.1 Å². The van der Waals surface area contributed by atoms with Crippen LogP contribution in [-0.2, 0) is 12.7 Å². The van der Waals surface area contributed by atoms with Gasteiger partial charge in [0.2, 0.25) is 0 Å². The van der Waals surface area contributed by atoms with E-state index in [4.69, 9.17) is 5.73 Å². The normalized spacial score (nSPS) is 11.9. The molecule has 1 aromatic carbocycles. The van der Waals surface area contributed by atoms with Crippen molar-refractivity contribution in [2.45, 2.75) is 12.7 Å². The molecule has 0 saturated carbocycles. The van der Waals surface area contributed by atoms with Crippen molar-refractivity contribution >= 4 is 22.6 Å². The minimum absolute atomic E-state index is 0.171. The molecule has 0 spiro atoms. The Balaban J connectivity index is 3.40. The molecular formula is C8H6F4IN. The maximum absolute atomic E-state index is 12.8. The monoisotopic (exact) mass is 319 g/mol. The smallest absolute Gasteiger partial charge is 0.326 e. The molecule has 78 valence electrons. The van der Waals surface area contributed by atoms with Crippen molar-refractivity contribution < 1.29 is 17.6 Å². The van der Waals surface area contributed by atoms with Crippen LogP contribution in [0.25, 0.3) is 0 Å². The molecule has 0 aromatic heterocycles. The molecule has 14 heavy (non-hydrogen) atoms. The van der Waals surface area contributed by atoms with Crippen LogP contribution in [0, 0.1) is 9.39 Å². The van der Waals surface area contributed by atoms with Crippen molar-refractivity contribution in [3.8, 4) is 0 Å². The van der Waals surface area contributed by atoms with Crippen LogP contribution in [0.5, 0.6) is 0 Å². The van der Waals surface area contributed by atoms with E-state index in [1.807, 2.05) is 0 Å². The van der Waals surface area contributed by atoms with E-state index >= 15 is 0 Å². The first-order valence-electron chi connectivity index (χ1n) is 3.61. The molecule has 0 aliphatic carbocycles. The summed E-state index contributed by atoms with van der Waals surface area (Å²) in [5.41, 5.74) is 4.05. The molecule has 6 heteroatoms. The number of rotatable bonds is 1. The van der Waals surface area contributed by atoms with E-state index in [1.165, 1.54) is 22.6 Å². The highest BCUT2D eigenvalue weighted by Crippen LogP contribution is 2.35. The van der Waals surface area contributed by atoms with E-state index in [2.05, 4.69) is 0 Å². The van der Waals surface area contributed by atoms with E-state index in [-0.39, 0.29) is 15.7 Å². The van der Waals surface area contributed by atoms with Crippen LogP contribution in [0.15, 0.2) is 12.1 Å². The molecule has 0 saturated heterocycles. The zero-order valence-corrected chi connectivity index (χ0v) is 8.99. The topological polar surface area (TPSA) is 26.0 Å². The first kappa shape index (κ1) is 11.7. The predicted octanol–water partition coefficient (Wildman–Crippen LogP) is 2.91. The van der Waals surface area contributed by atoms with E-state index in [9.17, 15) is 17.6 Å². The second kappa shape index (κ2) is 4.01. The van der Waals surface area contributed by atoms with Gasteiger partial charge in [0.25, 0.3) is 0 Å². The maximum Gasteiger partial charge on any atom is 0.417 e. The fourth-order valence-corrected chi connectivity index (χ4v) is 2.06. The van der Waals surface area contributed by atoms with Crippen molar-refractivity contribution in [1.82, 2.24) is 0 Å². The molecule has 0 radical (unpaired) electrons. The van der Waals surface area contributed by atoms with Crippen molar-refractivity contribution in [3.63, 3.8) is 0 Å². The summed E-state index contributed by atoms with van der Waals surface area (Å²) in [5, 5.41) is 0. The second-order valence-electron chi connectivity index (χ2n) is 2.62. The van der Waals surface area contributed by atoms with Crippen LogP contribution in [0.4, 0.5) is 17.6 Å². The van der Waals surface area contributed by atoms with E-state index < -0.39 is 17.6 Å². The van der Waals surface area contributed by atoms with Crippen LogP contribution in [-0.4, -0.2) is 0 Å². The molecule has 0 aliphatic rings. The number of hydrogen-bond donors (Lipinski definition) is 1. The van der Waals surface area contributed by atoms with Crippen molar-refractivity contribution in [1.29, 1.82) is 0 Å². The highest BCUT2D eigenvalue weighted by molar-refractivity contribution is 14.1. The van der Waals surface area contributed by atoms with Gasteiger partial charge < -0.3 is 5.73 Å².